The zero-order valence-corrected chi connectivity index (χ0v) is 20.7. The number of aromatic hydroxyl groups is 1. The summed E-state index contributed by atoms with van der Waals surface area (Å²) in [4.78, 5) is 12.5. The molecule has 34 heavy (non-hydrogen) atoms. The van der Waals surface area contributed by atoms with Gasteiger partial charge in [0.2, 0.25) is 10.0 Å². The van der Waals surface area contributed by atoms with Crippen LogP contribution in [0.15, 0.2) is 71.4 Å². The molecule has 0 aliphatic heterocycles. The summed E-state index contributed by atoms with van der Waals surface area (Å²) in [7, 11) is -3.95. The number of amides is 1. The lowest BCUT2D eigenvalue weighted by Gasteiger charge is -2.12. The van der Waals surface area contributed by atoms with Crippen LogP contribution in [-0.2, 0) is 14.8 Å². The van der Waals surface area contributed by atoms with Crippen LogP contribution in [-0.4, -0.2) is 25.3 Å². The zero-order chi connectivity index (χ0) is 25.2. The number of nitrogens with two attached hydrogens (primary N) is 2. The van der Waals surface area contributed by atoms with E-state index in [9.17, 15) is 22.7 Å². The van der Waals surface area contributed by atoms with Gasteiger partial charge in [0.15, 0.2) is 5.83 Å². The van der Waals surface area contributed by atoms with Gasteiger partial charge in [-0.05, 0) is 71.5 Å². The number of hydrogen-bond donors (Lipinski definition) is 5. The van der Waals surface area contributed by atoms with E-state index >= 15 is 0 Å². The first-order valence-corrected chi connectivity index (χ1v) is 12.3. The molecule has 11 heteroatoms. The number of nitrogens with one attached hydrogen (secondary N) is 2. The highest BCUT2D eigenvalue weighted by Gasteiger charge is 2.19. The van der Waals surface area contributed by atoms with Gasteiger partial charge in [-0.25, -0.2) is 17.9 Å². The number of sulfonamides is 1. The van der Waals surface area contributed by atoms with Crippen molar-refractivity contribution in [2.24, 2.45) is 10.9 Å². The van der Waals surface area contributed by atoms with Gasteiger partial charge in [-0.2, -0.15) is 0 Å². The molecule has 0 saturated heterocycles. The summed E-state index contributed by atoms with van der Waals surface area (Å²) in [6.45, 7) is 1.33. The van der Waals surface area contributed by atoms with Crippen LogP contribution in [0.4, 0.5) is 10.1 Å². The Bertz CT molecular complexity index is 1460. The Balaban J connectivity index is 1.92. The molecule has 0 aliphatic rings. The highest BCUT2D eigenvalue weighted by Crippen LogP contribution is 2.32. The molecular weight excluding hydrogens is 574 g/mol. The summed E-state index contributed by atoms with van der Waals surface area (Å²) >= 11 is 1.94. The van der Waals surface area contributed by atoms with E-state index < -0.39 is 21.8 Å². The van der Waals surface area contributed by atoms with Crippen molar-refractivity contribution in [1.29, 1.82) is 5.41 Å². The number of rotatable bonds is 6. The smallest absolute Gasteiger partial charge is 0.284 e. The molecule has 0 aromatic heterocycles. The van der Waals surface area contributed by atoms with E-state index in [1.807, 2.05) is 22.6 Å². The summed E-state index contributed by atoms with van der Waals surface area (Å²) in [6.07, 6.45) is 0. The topological polar surface area (TPSA) is 159 Å². The van der Waals surface area contributed by atoms with Crippen LogP contribution in [0.2, 0.25) is 0 Å². The van der Waals surface area contributed by atoms with E-state index in [-0.39, 0.29) is 33.2 Å². The molecule has 176 valence electrons. The van der Waals surface area contributed by atoms with Crippen LogP contribution in [0.5, 0.6) is 5.75 Å². The predicted molar refractivity (Wildman–Crippen MR) is 137 cm³/mol. The van der Waals surface area contributed by atoms with Crippen LogP contribution in [0.25, 0.3) is 16.7 Å². The van der Waals surface area contributed by atoms with Gasteiger partial charge in [0.1, 0.15) is 11.6 Å². The molecule has 7 N–H and O–H groups in total. The van der Waals surface area contributed by atoms with Gasteiger partial charge in [-0.1, -0.05) is 24.3 Å². The van der Waals surface area contributed by atoms with E-state index in [1.165, 1.54) is 37.3 Å². The Morgan fingerprint density at radius 3 is 2.41 bits per heavy atom. The number of amidine groups is 1. The maximum absolute atomic E-state index is 14.9. The largest absolute Gasteiger partial charge is 0.507 e. The highest BCUT2D eigenvalue weighted by molar-refractivity contribution is 14.1. The molecule has 0 bridgehead atoms. The van der Waals surface area contributed by atoms with E-state index in [0.717, 1.165) is 0 Å². The van der Waals surface area contributed by atoms with Gasteiger partial charge in [-0.3, -0.25) is 10.2 Å². The van der Waals surface area contributed by atoms with Crippen molar-refractivity contribution in [1.82, 2.24) is 0 Å². The number of benzene rings is 3. The van der Waals surface area contributed by atoms with Gasteiger partial charge in [0.05, 0.1) is 10.6 Å². The second-order valence-corrected chi connectivity index (χ2v) is 9.97. The highest BCUT2D eigenvalue weighted by atomic mass is 127. The molecule has 3 rings (SSSR count). The molecule has 0 spiro atoms. The zero-order valence-electron chi connectivity index (χ0n) is 17.8. The number of anilines is 1. The number of nitrogen functional groups attached to an aromatic ring is 1. The molecule has 3 aromatic carbocycles. The first kappa shape index (κ1) is 25.3. The number of allylic oxidation sites excluding steroid dienone is 1. The Labute approximate surface area is 209 Å². The average Bonchev–Trinajstić information content (AvgIpc) is 2.79. The molecule has 0 radical (unpaired) electrons. The standard InChI is InChI=1S/C23H20FIN4O4S/c1-12(16-10-14(22(26)27)7-9-19(16)30)21(24)23(31)29-18-8-6-13(11-17(18)25)15-4-2-3-5-20(15)34(28,32)33/h2-11,30H,1H3,(H3,26,27)(H,29,31)(H2,28,32,33)/b21-12+. The maximum Gasteiger partial charge on any atom is 0.284 e. The molecular formula is C23H20FIN4O4S. The number of phenols is 1. The number of carbonyl (C=O) groups is 1. The van der Waals surface area contributed by atoms with Crippen molar-refractivity contribution in [2.75, 3.05) is 5.32 Å². The molecule has 0 heterocycles. The summed E-state index contributed by atoms with van der Waals surface area (Å²) < 4.78 is 39.2. The molecule has 8 nitrogen and oxygen atoms in total. The molecule has 0 saturated carbocycles. The summed E-state index contributed by atoms with van der Waals surface area (Å²) in [5, 5.41) is 25.3. The minimum absolute atomic E-state index is 0.0324. The Hall–Kier alpha value is -3.29. The normalized spacial score (nSPS) is 12.1. The number of primary sulfonamides is 1. The van der Waals surface area contributed by atoms with Crippen molar-refractivity contribution < 1.29 is 22.7 Å². The Morgan fingerprint density at radius 2 is 1.79 bits per heavy atom. The van der Waals surface area contributed by atoms with Crippen LogP contribution in [0.1, 0.15) is 18.1 Å². The van der Waals surface area contributed by atoms with Gasteiger partial charge in [-0.15, -0.1) is 0 Å². The first-order chi connectivity index (χ1) is 15.9. The van der Waals surface area contributed by atoms with Crippen LogP contribution < -0.4 is 16.2 Å². The Kier molecular flexibility index (Phi) is 7.38. The number of halogens is 2. The van der Waals surface area contributed by atoms with E-state index in [2.05, 4.69) is 5.32 Å². The molecule has 3 aromatic rings. The quantitative estimate of drug-likeness (QED) is 0.126. The summed E-state index contributed by atoms with van der Waals surface area (Å²) in [5.74, 6) is -2.70. The van der Waals surface area contributed by atoms with Crippen LogP contribution in [0, 0.1) is 8.98 Å². The first-order valence-electron chi connectivity index (χ1n) is 9.67. The fourth-order valence-electron chi connectivity index (χ4n) is 3.21. The molecule has 0 atom stereocenters. The second-order valence-electron chi connectivity index (χ2n) is 7.27. The van der Waals surface area contributed by atoms with Gasteiger partial charge in [0, 0.05) is 25.8 Å². The minimum Gasteiger partial charge on any atom is -0.507 e. The lowest BCUT2D eigenvalue weighted by molar-refractivity contribution is -0.114. The lowest BCUT2D eigenvalue weighted by atomic mass is 10.0. The van der Waals surface area contributed by atoms with Gasteiger partial charge < -0.3 is 16.2 Å². The molecule has 0 fully saturated rings. The van der Waals surface area contributed by atoms with Crippen molar-refractivity contribution in [3.05, 3.63) is 81.2 Å². The molecule has 0 aliphatic carbocycles. The van der Waals surface area contributed by atoms with E-state index in [4.69, 9.17) is 16.3 Å². The number of hydrogen-bond acceptors (Lipinski definition) is 5. The third-order valence-electron chi connectivity index (χ3n) is 4.96. The summed E-state index contributed by atoms with van der Waals surface area (Å²) in [5.41, 5.74) is 6.85. The van der Waals surface area contributed by atoms with Gasteiger partial charge >= 0.3 is 0 Å². The van der Waals surface area contributed by atoms with E-state index in [1.54, 1.807) is 30.3 Å². The lowest BCUT2D eigenvalue weighted by Crippen LogP contribution is -2.15. The average molecular weight is 594 g/mol. The fourth-order valence-corrected chi connectivity index (χ4v) is 4.62. The summed E-state index contributed by atoms with van der Waals surface area (Å²) in [6, 6.07) is 15.0. The fraction of sp³-hybridized carbons (Fsp3) is 0.0435. The monoisotopic (exact) mass is 594 g/mol. The third-order valence-corrected chi connectivity index (χ3v) is 6.82. The molecule has 1 amide bonds. The SMILES string of the molecule is C/C(=C(\F)C(=O)Nc1ccc(-c2ccccc2S(N)(=O)=O)cc1I)c1cc(C(=N)N)ccc1O. The van der Waals surface area contributed by atoms with Crippen molar-refractivity contribution in [3.63, 3.8) is 0 Å². The van der Waals surface area contributed by atoms with E-state index in [0.29, 0.717) is 20.4 Å². The Morgan fingerprint density at radius 1 is 1.12 bits per heavy atom. The van der Waals surface area contributed by atoms with Gasteiger partial charge in [0.25, 0.3) is 5.91 Å². The number of carbonyl (C=O) groups excluding carboxylic acids is 1. The van der Waals surface area contributed by atoms with Crippen molar-refractivity contribution in [2.45, 2.75) is 11.8 Å². The maximum atomic E-state index is 14.9. The van der Waals surface area contributed by atoms with Crippen LogP contribution >= 0.6 is 22.6 Å². The van der Waals surface area contributed by atoms with Crippen LogP contribution in [0.3, 0.4) is 0 Å². The molecule has 0 unspecified atom stereocenters. The number of phenolic OH excluding ortho intramolecular Hbond substituents is 1. The predicted octanol–water partition coefficient (Wildman–Crippen LogP) is 3.93. The van der Waals surface area contributed by atoms with Crippen molar-refractivity contribution >= 4 is 55.6 Å². The minimum atomic E-state index is -3.95. The second kappa shape index (κ2) is 9.91. The van der Waals surface area contributed by atoms with Crippen molar-refractivity contribution in [3.8, 4) is 16.9 Å². The third kappa shape index (κ3) is 5.43.